The second kappa shape index (κ2) is 10.00. The van der Waals surface area contributed by atoms with E-state index in [1.54, 1.807) is 18.3 Å². The molecule has 5 rings (SSSR count). The average Bonchev–Trinajstić information content (AvgIpc) is 3.44. The average molecular weight is 481 g/mol. The number of aryl methyl sites for hydroxylation is 1. The maximum Gasteiger partial charge on any atom is 0.178 e. The number of rotatable bonds is 7. The molecule has 7 nitrogen and oxygen atoms in total. The summed E-state index contributed by atoms with van der Waals surface area (Å²) >= 11 is 1.68. The summed E-state index contributed by atoms with van der Waals surface area (Å²) in [5, 5.41) is 15.9. The summed E-state index contributed by atoms with van der Waals surface area (Å²) in [4.78, 5) is 15.0. The second-order valence-electron chi connectivity index (χ2n) is 9.29. The molecule has 180 valence electrons. The number of piperazine rings is 1. The highest BCUT2D eigenvalue weighted by Crippen LogP contribution is 2.28. The van der Waals surface area contributed by atoms with Crippen molar-refractivity contribution in [1.82, 2.24) is 14.8 Å². The number of hydrogen-bond donors (Lipinski definition) is 1. The molecule has 3 heterocycles. The lowest BCUT2D eigenvalue weighted by Crippen LogP contribution is -2.59. The van der Waals surface area contributed by atoms with Crippen molar-refractivity contribution in [1.29, 1.82) is 0 Å². The zero-order valence-electron chi connectivity index (χ0n) is 19.9. The Balaban J connectivity index is 1.18. The third kappa shape index (κ3) is 5.10. The fourth-order valence-corrected chi connectivity index (χ4v) is 5.64. The molecule has 4 atom stereocenters. The van der Waals surface area contributed by atoms with E-state index in [4.69, 9.17) is 9.57 Å². The summed E-state index contributed by atoms with van der Waals surface area (Å²) < 4.78 is 7.44. The molecule has 1 fully saturated rings. The number of aliphatic hydroxyl groups excluding tert-OH is 1. The standard InChI is InChI=1S/C26H32N4O3S/c1-17-15-30(26(18(2)31)32-21-9-10-25-24(13-21)27-19(3)34-25)12-11-29(17)16-22-14-23(28-33-22)20-7-5-4-6-8-20/h4-10,13,17-18,22,26,31H,11-12,14-16H2,1-3H3/t17-,18+,22+,26?/m0/s1. The highest BCUT2D eigenvalue weighted by atomic mass is 32.1. The van der Waals surface area contributed by atoms with Crippen LogP contribution in [0.5, 0.6) is 5.75 Å². The zero-order valence-corrected chi connectivity index (χ0v) is 20.7. The maximum absolute atomic E-state index is 10.5. The van der Waals surface area contributed by atoms with Crippen molar-refractivity contribution < 1.29 is 14.7 Å². The van der Waals surface area contributed by atoms with Crippen LogP contribution >= 0.6 is 11.3 Å². The number of aromatic nitrogens is 1. The van der Waals surface area contributed by atoms with Crippen LogP contribution in [0.4, 0.5) is 0 Å². The van der Waals surface area contributed by atoms with Crippen molar-refractivity contribution in [3.05, 3.63) is 59.1 Å². The SMILES string of the molecule is Cc1nc2cc(OC([C@@H](C)O)N3CCN(C[C@H]4CC(c5ccccc5)=NO4)[C@@H](C)C3)ccc2s1. The second-order valence-corrected chi connectivity index (χ2v) is 10.5. The fraction of sp³-hybridized carbons (Fsp3) is 0.462. The first kappa shape index (κ1) is 23.2. The number of oxime groups is 1. The van der Waals surface area contributed by atoms with Crippen molar-refractivity contribution in [2.75, 3.05) is 26.2 Å². The van der Waals surface area contributed by atoms with Crippen molar-refractivity contribution in [3.63, 3.8) is 0 Å². The van der Waals surface area contributed by atoms with Crippen LogP contribution in [0.1, 0.15) is 30.8 Å². The van der Waals surface area contributed by atoms with Gasteiger partial charge in [-0.1, -0.05) is 35.5 Å². The molecule has 1 aromatic heterocycles. The van der Waals surface area contributed by atoms with E-state index in [2.05, 4.69) is 39.0 Å². The summed E-state index contributed by atoms with van der Waals surface area (Å²) in [5.41, 5.74) is 3.09. The van der Waals surface area contributed by atoms with E-state index in [-0.39, 0.29) is 6.10 Å². The van der Waals surface area contributed by atoms with Crippen LogP contribution in [0.15, 0.2) is 53.7 Å². The molecule has 0 bridgehead atoms. The van der Waals surface area contributed by atoms with Gasteiger partial charge in [-0.05, 0) is 38.5 Å². The van der Waals surface area contributed by atoms with E-state index in [1.807, 2.05) is 43.3 Å². The first-order valence-corrected chi connectivity index (χ1v) is 12.8. The zero-order chi connectivity index (χ0) is 23.7. The van der Waals surface area contributed by atoms with Crippen molar-refractivity contribution in [3.8, 4) is 5.75 Å². The quantitative estimate of drug-likeness (QED) is 0.553. The van der Waals surface area contributed by atoms with Gasteiger partial charge in [-0.25, -0.2) is 4.98 Å². The Kier molecular flexibility index (Phi) is 6.83. The highest BCUT2D eigenvalue weighted by molar-refractivity contribution is 7.18. The Morgan fingerprint density at radius 2 is 2.03 bits per heavy atom. The summed E-state index contributed by atoms with van der Waals surface area (Å²) in [6, 6.07) is 16.5. The monoisotopic (exact) mass is 480 g/mol. The molecule has 0 saturated carbocycles. The Hall–Kier alpha value is -2.52. The van der Waals surface area contributed by atoms with E-state index in [9.17, 15) is 5.11 Å². The summed E-state index contributed by atoms with van der Waals surface area (Å²) in [6.45, 7) is 9.39. The minimum Gasteiger partial charge on any atom is -0.472 e. The molecule has 2 aliphatic heterocycles. The number of benzene rings is 2. The van der Waals surface area contributed by atoms with E-state index in [1.165, 1.54) is 0 Å². The molecule has 0 radical (unpaired) electrons. The first-order valence-electron chi connectivity index (χ1n) is 11.9. The van der Waals surface area contributed by atoms with Crippen LogP contribution in [0, 0.1) is 6.92 Å². The molecule has 2 aliphatic rings. The van der Waals surface area contributed by atoms with Crippen LogP contribution in [-0.2, 0) is 4.84 Å². The molecule has 1 N–H and O–H groups in total. The molecule has 0 aliphatic carbocycles. The van der Waals surface area contributed by atoms with E-state index >= 15 is 0 Å². The molecule has 3 aromatic rings. The van der Waals surface area contributed by atoms with Gasteiger partial charge in [0.25, 0.3) is 0 Å². The number of hydrogen-bond acceptors (Lipinski definition) is 8. The van der Waals surface area contributed by atoms with Gasteiger partial charge < -0.3 is 14.7 Å². The van der Waals surface area contributed by atoms with Gasteiger partial charge in [0, 0.05) is 44.7 Å². The van der Waals surface area contributed by atoms with Crippen LogP contribution < -0.4 is 4.74 Å². The largest absolute Gasteiger partial charge is 0.472 e. The van der Waals surface area contributed by atoms with Gasteiger partial charge >= 0.3 is 0 Å². The van der Waals surface area contributed by atoms with Crippen molar-refractivity contribution in [2.45, 2.75) is 51.7 Å². The number of thiazole rings is 1. The summed E-state index contributed by atoms with van der Waals surface area (Å²) in [6.07, 6.45) is -0.125. The summed E-state index contributed by atoms with van der Waals surface area (Å²) in [5.74, 6) is 0.740. The molecular formula is C26H32N4O3S. The van der Waals surface area contributed by atoms with Crippen LogP contribution in [-0.4, -0.2) is 76.3 Å². The smallest absolute Gasteiger partial charge is 0.178 e. The predicted molar refractivity (Wildman–Crippen MR) is 136 cm³/mol. The third-order valence-electron chi connectivity index (χ3n) is 6.57. The highest BCUT2D eigenvalue weighted by Gasteiger charge is 2.34. The molecule has 2 aromatic carbocycles. The predicted octanol–water partition coefficient (Wildman–Crippen LogP) is 3.89. The number of nitrogens with zero attached hydrogens (tertiary/aromatic N) is 4. The topological polar surface area (TPSA) is 70.4 Å². The molecule has 1 saturated heterocycles. The van der Waals surface area contributed by atoms with E-state index < -0.39 is 12.3 Å². The van der Waals surface area contributed by atoms with E-state index in [0.717, 1.165) is 64.8 Å². The van der Waals surface area contributed by atoms with Gasteiger partial charge in [-0.3, -0.25) is 9.80 Å². The minimum atomic E-state index is -0.619. The Bertz CT molecular complexity index is 1150. The van der Waals surface area contributed by atoms with Crippen LogP contribution in [0.3, 0.4) is 0 Å². The molecule has 8 heteroatoms. The normalized spacial score (nSPS) is 23.5. The van der Waals surface area contributed by atoms with Gasteiger partial charge in [-0.2, -0.15) is 0 Å². The number of fused-ring (bicyclic) bond motifs is 1. The Morgan fingerprint density at radius 1 is 1.21 bits per heavy atom. The minimum absolute atomic E-state index is 0.0707. The molecular weight excluding hydrogens is 448 g/mol. The Morgan fingerprint density at radius 3 is 2.79 bits per heavy atom. The van der Waals surface area contributed by atoms with Crippen LogP contribution in [0.2, 0.25) is 0 Å². The van der Waals surface area contributed by atoms with Gasteiger partial charge in [0.15, 0.2) is 6.23 Å². The van der Waals surface area contributed by atoms with Gasteiger partial charge in [0.2, 0.25) is 0 Å². The van der Waals surface area contributed by atoms with Gasteiger partial charge in [0.1, 0.15) is 18.0 Å². The number of aliphatic hydroxyl groups is 1. The molecule has 34 heavy (non-hydrogen) atoms. The number of ether oxygens (including phenoxy) is 1. The van der Waals surface area contributed by atoms with Gasteiger partial charge in [-0.15, -0.1) is 11.3 Å². The summed E-state index contributed by atoms with van der Waals surface area (Å²) in [7, 11) is 0. The van der Waals surface area contributed by atoms with E-state index in [0.29, 0.717) is 6.04 Å². The molecule has 0 spiro atoms. The lowest BCUT2D eigenvalue weighted by molar-refractivity contribution is -0.0891. The fourth-order valence-electron chi connectivity index (χ4n) is 4.83. The maximum atomic E-state index is 10.5. The first-order chi connectivity index (χ1) is 16.5. The lowest BCUT2D eigenvalue weighted by Gasteiger charge is -2.44. The molecule has 1 unspecified atom stereocenters. The van der Waals surface area contributed by atoms with Crippen LogP contribution in [0.25, 0.3) is 10.2 Å². The molecule has 0 amide bonds. The van der Waals surface area contributed by atoms with Crippen molar-refractivity contribution in [2.24, 2.45) is 5.16 Å². The third-order valence-corrected chi connectivity index (χ3v) is 7.52. The van der Waals surface area contributed by atoms with Crippen molar-refractivity contribution >= 4 is 27.3 Å². The van der Waals surface area contributed by atoms with Gasteiger partial charge in [0.05, 0.1) is 20.9 Å². The Labute approximate surface area is 204 Å². The lowest BCUT2D eigenvalue weighted by atomic mass is 10.0.